The summed E-state index contributed by atoms with van der Waals surface area (Å²) < 4.78 is 26.3. The van der Waals surface area contributed by atoms with Gasteiger partial charge in [-0.3, -0.25) is 4.79 Å². The van der Waals surface area contributed by atoms with Crippen molar-refractivity contribution in [2.75, 3.05) is 13.1 Å². The van der Waals surface area contributed by atoms with Gasteiger partial charge in [0.15, 0.2) is 0 Å². The van der Waals surface area contributed by atoms with E-state index >= 15 is 0 Å². The van der Waals surface area contributed by atoms with Crippen LogP contribution >= 0.6 is 0 Å². The van der Waals surface area contributed by atoms with Gasteiger partial charge in [0.25, 0.3) is 0 Å². The van der Waals surface area contributed by atoms with Crippen molar-refractivity contribution in [2.24, 2.45) is 0 Å². The van der Waals surface area contributed by atoms with Gasteiger partial charge < -0.3 is 5.32 Å². The molecular weight excluding hydrogens is 336 g/mol. The molecule has 0 saturated heterocycles. The van der Waals surface area contributed by atoms with E-state index in [2.05, 4.69) is 5.32 Å². The molecule has 1 aliphatic carbocycles. The summed E-state index contributed by atoms with van der Waals surface area (Å²) in [5.41, 5.74) is 0.803. The number of hydrogen-bond donors (Lipinski definition) is 1. The lowest BCUT2D eigenvalue weighted by Crippen LogP contribution is -2.34. The molecule has 1 saturated carbocycles. The Morgan fingerprint density at radius 2 is 1.72 bits per heavy atom. The maximum absolute atomic E-state index is 12.4. The van der Waals surface area contributed by atoms with Crippen molar-refractivity contribution >= 4 is 22.0 Å². The highest BCUT2D eigenvalue weighted by molar-refractivity contribution is 7.89. The van der Waals surface area contributed by atoms with Gasteiger partial charge in [0.05, 0.1) is 4.90 Å². The zero-order chi connectivity index (χ0) is 18.3. The second-order valence-corrected chi connectivity index (χ2v) is 8.27. The number of benzene rings is 1. The van der Waals surface area contributed by atoms with E-state index in [1.54, 1.807) is 30.3 Å². The number of hydrogen-bond acceptors (Lipinski definition) is 3. The number of sulfonamides is 1. The third-order valence-corrected chi connectivity index (χ3v) is 6.67. The largest absolute Gasteiger partial charge is 0.350 e. The third kappa shape index (κ3) is 5.41. The van der Waals surface area contributed by atoms with Gasteiger partial charge in [-0.15, -0.1) is 0 Å². The van der Waals surface area contributed by atoms with E-state index in [0.717, 1.165) is 18.4 Å². The molecule has 6 heteroatoms. The number of carbonyl (C=O) groups is 1. The molecular formula is C19H28N2O3S. The smallest absolute Gasteiger partial charge is 0.244 e. The Morgan fingerprint density at radius 1 is 1.12 bits per heavy atom. The minimum absolute atomic E-state index is 0.0910. The van der Waals surface area contributed by atoms with Gasteiger partial charge in [-0.2, -0.15) is 4.31 Å². The van der Waals surface area contributed by atoms with Crippen LogP contribution in [0.3, 0.4) is 0 Å². The van der Waals surface area contributed by atoms with Crippen LogP contribution < -0.4 is 5.32 Å². The van der Waals surface area contributed by atoms with Gasteiger partial charge in [-0.05, 0) is 36.6 Å². The van der Waals surface area contributed by atoms with Gasteiger partial charge in [0.1, 0.15) is 0 Å². The monoisotopic (exact) mass is 364 g/mol. The molecule has 1 aromatic carbocycles. The Bertz CT molecular complexity index is 686. The van der Waals surface area contributed by atoms with Crippen molar-refractivity contribution in [3.05, 3.63) is 35.9 Å². The molecule has 1 fully saturated rings. The van der Waals surface area contributed by atoms with Crippen molar-refractivity contribution in [3.63, 3.8) is 0 Å². The summed E-state index contributed by atoms with van der Waals surface area (Å²) in [6.07, 6.45) is 8.95. The van der Waals surface area contributed by atoms with Gasteiger partial charge >= 0.3 is 0 Å². The van der Waals surface area contributed by atoms with Crippen LogP contribution in [0.25, 0.3) is 6.08 Å². The normalized spacial score (nSPS) is 16.4. The van der Waals surface area contributed by atoms with Crippen LogP contribution in [0.2, 0.25) is 0 Å². The van der Waals surface area contributed by atoms with Gasteiger partial charge in [-0.25, -0.2) is 8.42 Å². The number of carbonyl (C=O) groups excluding carboxylic acids is 1. The standard InChI is InChI=1S/C19H28N2O3S/c1-3-21(4-2)25(23,24)18-13-10-16(11-14-18)12-15-19(22)20-17-8-6-5-7-9-17/h10-15,17H,3-9H2,1-2H3,(H,20,22)/b15-12-. The average Bonchev–Trinajstić information content (AvgIpc) is 2.62. The van der Waals surface area contributed by atoms with E-state index < -0.39 is 10.0 Å². The van der Waals surface area contributed by atoms with Crippen LogP contribution in [0, 0.1) is 0 Å². The molecule has 0 aliphatic heterocycles. The Labute approximate surface area is 151 Å². The topological polar surface area (TPSA) is 66.5 Å². The Morgan fingerprint density at radius 3 is 2.28 bits per heavy atom. The predicted molar refractivity (Wildman–Crippen MR) is 101 cm³/mol. The fourth-order valence-corrected chi connectivity index (χ4v) is 4.59. The van der Waals surface area contributed by atoms with E-state index in [4.69, 9.17) is 0 Å². The Kier molecular flexibility index (Phi) is 7.20. The molecule has 0 bridgehead atoms. The molecule has 0 unspecified atom stereocenters. The van der Waals surface area contributed by atoms with Gasteiger partial charge in [0.2, 0.25) is 15.9 Å². The zero-order valence-corrected chi connectivity index (χ0v) is 15.9. The minimum Gasteiger partial charge on any atom is -0.350 e. The molecule has 1 aromatic rings. The van der Waals surface area contributed by atoms with Crippen molar-refractivity contribution in [1.82, 2.24) is 9.62 Å². The lowest BCUT2D eigenvalue weighted by Gasteiger charge is -2.21. The fourth-order valence-electron chi connectivity index (χ4n) is 3.13. The molecule has 0 atom stereocenters. The summed E-state index contributed by atoms with van der Waals surface area (Å²) in [6, 6.07) is 6.91. The van der Waals surface area contributed by atoms with E-state index in [9.17, 15) is 13.2 Å². The molecule has 25 heavy (non-hydrogen) atoms. The molecule has 1 aliphatic rings. The maximum Gasteiger partial charge on any atom is 0.244 e. The summed E-state index contributed by atoms with van der Waals surface area (Å²) in [5, 5.41) is 3.03. The van der Waals surface area contributed by atoms with E-state index in [1.165, 1.54) is 29.6 Å². The first-order valence-corrected chi connectivity index (χ1v) is 10.5. The number of nitrogens with one attached hydrogen (secondary N) is 1. The molecule has 0 heterocycles. The molecule has 138 valence electrons. The summed E-state index contributed by atoms with van der Waals surface area (Å²) in [5.74, 6) is -0.0910. The number of rotatable bonds is 7. The van der Waals surface area contributed by atoms with Gasteiger partial charge in [0, 0.05) is 25.2 Å². The maximum atomic E-state index is 12.4. The first kappa shape index (κ1) is 19.7. The van der Waals surface area contributed by atoms with Crippen molar-refractivity contribution in [2.45, 2.75) is 56.9 Å². The highest BCUT2D eigenvalue weighted by atomic mass is 32.2. The predicted octanol–water partition coefficient (Wildman–Crippen LogP) is 3.18. The second-order valence-electron chi connectivity index (χ2n) is 6.34. The number of amides is 1. The van der Waals surface area contributed by atoms with Crippen LogP contribution in [-0.2, 0) is 14.8 Å². The number of nitrogens with zero attached hydrogens (tertiary/aromatic N) is 1. The second kappa shape index (κ2) is 9.15. The van der Waals surface area contributed by atoms with Crippen LogP contribution in [0.15, 0.2) is 35.2 Å². The lowest BCUT2D eigenvalue weighted by atomic mass is 9.95. The third-order valence-electron chi connectivity index (χ3n) is 4.60. The Balaban J connectivity index is 1.98. The molecule has 1 amide bonds. The van der Waals surface area contributed by atoms with Crippen LogP contribution in [0.1, 0.15) is 51.5 Å². The van der Waals surface area contributed by atoms with E-state index in [0.29, 0.717) is 13.1 Å². The fraction of sp³-hybridized carbons (Fsp3) is 0.526. The first-order valence-electron chi connectivity index (χ1n) is 9.06. The van der Waals surface area contributed by atoms with Crippen molar-refractivity contribution in [1.29, 1.82) is 0 Å². The minimum atomic E-state index is -3.44. The van der Waals surface area contributed by atoms with Crippen LogP contribution in [0.4, 0.5) is 0 Å². The van der Waals surface area contributed by atoms with E-state index in [1.807, 2.05) is 13.8 Å². The highest BCUT2D eigenvalue weighted by Crippen LogP contribution is 2.18. The van der Waals surface area contributed by atoms with Crippen LogP contribution in [-0.4, -0.2) is 37.8 Å². The average molecular weight is 365 g/mol. The zero-order valence-electron chi connectivity index (χ0n) is 15.1. The summed E-state index contributed by atoms with van der Waals surface area (Å²) in [6.45, 7) is 4.54. The summed E-state index contributed by atoms with van der Waals surface area (Å²) in [4.78, 5) is 12.3. The summed E-state index contributed by atoms with van der Waals surface area (Å²) in [7, 11) is -3.44. The van der Waals surface area contributed by atoms with Gasteiger partial charge in [-0.1, -0.05) is 45.2 Å². The molecule has 0 spiro atoms. The lowest BCUT2D eigenvalue weighted by molar-refractivity contribution is -0.117. The molecule has 0 radical (unpaired) electrons. The SMILES string of the molecule is CCN(CC)S(=O)(=O)c1ccc(/C=C\C(=O)NC2CCCCC2)cc1. The molecule has 5 nitrogen and oxygen atoms in total. The molecule has 1 N–H and O–H groups in total. The first-order chi connectivity index (χ1) is 12.0. The van der Waals surface area contributed by atoms with Crippen molar-refractivity contribution < 1.29 is 13.2 Å². The Hall–Kier alpha value is -1.66. The van der Waals surface area contributed by atoms with Crippen molar-refractivity contribution in [3.8, 4) is 0 Å². The summed E-state index contributed by atoms with van der Waals surface area (Å²) >= 11 is 0. The molecule has 0 aromatic heterocycles. The van der Waals surface area contributed by atoms with E-state index in [-0.39, 0.29) is 16.8 Å². The van der Waals surface area contributed by atoms with Crippen LogP contribution in [0.5, 0.6) is 0 Å². The highest BCUT2D eigenvalue weighted by Gasteiger charge is 2.21. The molecule has 2 rings (SSSR count). The quantitative estimate of drug-likeness (QED) is 0.756.